The molecule has 4 rings (SSSR count). The van der Waals surface area contributed by atoms with Crippen molar-refractivity contribution in [2.45, 2.75) is 25.7 Å². The fourth-order valence-electron chi connectivity index (χ4n) is 3.64. The Labute approximate surface area is 157 Å². The molecule has 0 aliphatic heterocycles. The fourth-order valence-corrected chi connectivity index (χ4v) is 3.64. The second-order valence-corrected chi connectivity index (χ2v) is 6.76. The van der Waals surface area contributed by atoms with Crippen LogP contribution in [-0.4, -0.2) is 21.0 Å². The minimum Gasteiger partial charge on any atom is -0.313 e. The molecule has 0 bridgehead atoms. The number of benzene rings is 1. The zero-order valence-electron chi connectivity index (χ0n) is 14.8. The molecule has 0 saturated heterocycles. The second-order valence-electron chi connectivity index (χ2n) is 6.76. The van der Waals surface area contributed by atoms with Crippen LogP contribution in [0.2, 0.25) is 0 Å². The van der Waals surface area contributed by atoms with E-state index in [2.05, 4.69) is 38.1 Å². The number of carbonyl (C=O) groups is 1. The van der Waals surface area contributed by atoms with Crippen LogP contribution in [0.3, 0.4) is 0 Å². The number of pyridine rings is 1. The van der Waals surface area contributed by atoms with Gasteiger partial charge in [-0.1, -0.05) is 41.9 Å². The summed E-state index contributed by atoms with van der Waals surface area (Å²) in [6, 6.07) is 14.1. The van der Waals surface area contributed by atoms with Gasteiger partial charge in [0, 0.05) is 23.9 Å². The third-order valence-corrected chi connectivity index (χ3v) is 4.99. The molecule has 1 saturated carbocycles. The maximum atomic E-state index is 12.6. The van der Waals surface area contributed by atoms with Gasteiger partial charge in [-0.25, -0.2) is 5.43 Å². The standard InChI is InChI=1S/C20H21N5O2/c26-19(17-8-4-7-16(17)13-14-5-2-1-3-6-14)23-24-20-22-18(25-27-20)15-9-11-21-12-10-15/h1-3,5-6,9-12,16-17H,4,7-8,13H2,(H,23,26)(H,22,24,25). The number of amides is 1. The van der Waals surface area contributed by atoms with Gasteiger partial charge in [0.1, 0.15) is 0 Å². The molecule has 0 radical (unpaired) electrons. The van der Waals surface area contributed by atoms with E-state index in [0.29, 0.717) is 11.7 Å². The Kier molecular flexibility index (Phi) is 5.09. The first kappa shape index (κ1) is 17.2. The molecule has 2 aromatic heterocycles. The van der Waals surface area contributed by atoms with Crippen LogP contribution < -0.4 is 10.9 Å². The topological polar surface area (TPSA) is 92.9 Å². The normalized spacial score (nSPS) is 19.0. The highest BCUT2D eigenvalue weighted by molar-refractivity contribution is 5.80. The van der Waals surface area contributed by atoms with Crippen molar-refractivity contribution < 1.29 is 9.32 Å². The number of rotatable bonds is 6. The summed E-state index contributed by atoms with van der Waals surface area (Å²) in [6.45, 7) is 0. The SMILES string of the molecule is O=C(NNc1nc(-c2ccncc2)no1)C1CCCC1Cc1ccccc1. The lowest BCUT2D eigenvalue weighted by molar-refractivity contribution is -0.125. The Morgan fingerprint density at radius 3 is 2.74 bits per heavy atom. The van der Waals surface area contributed by atoms with E-state index in [1.807, 2.05) is 18.2 Å². The molecule has 1 aliphatic rings. The molecule has 2 N–H and O–H groups in total. The first-order valence-electron chi connectivity index (χ1n) is 9.13. The van der Waals surface area contributed by atoms with Gasteiger partial charge in [-0.05, 0) is 42.9 Å². The van der Waals surface area contributed by atoms with Gasteiger partial charge in [-0.3, -0.25) is 15.2 Å². The molecular formula is C20H21N5O2. The highest BCUT2D eigenvalue weighted by Crippen LogP contribution is 2.34. The Morgan fingerprint density at radius 1 is 1.11 bits per heavy atom. The highest BCUT2D eigenvalue weighted by atomic mass is 16.5. The van der Waals surface area contributed by atoms with Gasteiger partial charge in [0.2, 0.25) is 11.7 Å². The van der Waals surface area contributed by atoms with Crippen LogP contribution in [0.15, 0.2) is 59.4 Å². The molecule has 7 heteroatoms. The maximum absolute atomic E-state index is 12.6. The fraction of sp³-hybridized carbons (Fsp3) is 0.300. The summed E-state index contributed by atoms with van der Waals surface area (Å²) in [6.07, 6.45) is 7.28. The quantitative estimate of drug-likeness (QED) is 0.653. The van der Waals surface area contributed by atoms with Gasteiger partial charge in [-0.15, -0.1) is 0 Å². The number of carbonyl (C=O) groups excluding carboxylic acids is 1. The smallest absolute Gasteiger partial charge is 0.313 e. The Morgan fingerprint density at radius 2 is 1.93 bits per heavy atom. The van der Waals surface area contributed by atoms with Crippen molar-refractivity contribution in [3.8, 4) is 11.4 Å². The van der Waals surface area contributed by atoms with E-state index in [4.69, 9.17) is 4.52 Å². The van der Waals surface area contributed by atoms with Gasteiger partial charge in [-0.2, -0.15) is 4.98 Å². The molecule has 2 unspecified atom stereocenters. The molecule has 2 heterocycles. The molecule has 1 aliphatic carbocycles. The van der Waals surface area contributed by atoms with Crippen LogP contribution in [0.25, 0.3) is 11.4 Å². The first-order chi connectivity index (χ1) is 13.3. The summed E-state index contributed by atoms with van der Waals surface area (Å²) >= 11 is 0. The summed E-state index contributed by atoms with van der Waals surface area (Å²) in [5.41, 5.74) is 7.53. The van der Waals surface area contributed by atoms with E-state index in [-0.39, 0.29) is 17.8 Å². The molecular weight excluding hydrogens is 342 g/mol. The number of hydrazine groups is 1. The molecule has 7 nitrogen and oxygen atoms in total. The van der Waals surface area contributed by atoms with E-state index >= 15 is 0 Å². The van der Waals surface area contributed by atoms with Crippen LogP contribution in [0.1, 0.15) is 24.8 Å². The van der Waals surface area contributed by atoms with Gasteiger partial charge in [0.05, 0.1) is 0 Å². The third kappa shape index (κ3) is 4.13. The monoisotopic (exact) mass is 363 g/mol. The molecule has 0 spiro atoms. The average Bonchev–Trinajstić information content (AvgIpc) is 3.37. The van der Waals surface area contributed by atoms with E-state index in [1.165, 1.54) is 5.56 Å². The first-order valence-corrected chi connectivity index (χ1v) is 9.13. The van der Waals surface area contributed by atoms with Crippen LogP contribution in [-0.2, 0) is 11.2 Å². The third-order valence-electron chi connectivity index (χ3n) is 4.99. The van der Waals surface area contributed by atoms with Crippen molar-refractivity contribution in [3.63, 3.8) is 0 Å². The summed E-state index contributed by atoms with van der Waals surface area (Å²) in [5.74, 6) is 0.749. The van der Waals surface area contributed by atoms with Gasteiger partial charge in [0.15, 0.2) is 0 Å². The van der Waals surface area contributed by atoms with Crippen molar-refractivity contribution in [2.24, 2.45) is 11.8 Å². The van der Waals surface area contributed by atoms with Gasteiger partial charge in [0.25, 0.3) is 0 Å². The molecule has 138 valence electrons. The van der Waals surface area contributed by atoms with Crippen molar-refractivity contribution in [1.82, 2.24) is 20.6 Å². The number of nitrogens with zero attached hydrogens (tertiary/aromatic N) is 3. The predicted molar refractivity (Wildman–Crippen MR) is 100 cm³/mol. The van der Waals surface area contributed by atoms with E-state index in [1.54, 1.807) is 24.5 Å². The zero-order chi connectivity index (χ0) is 18.5. The van der Waals surface area contributed by atoms with Crippen molar-refractivity contribution in [1.29, 1.82) is 0 Å². The summed E-state index contributed by atoms with van der Waals surface area (Å²) in [5, 5.41) is 3.91. The number of anilines is 1. The number of hydrogen-bond acceptors (Lipinski definition) is 6. The van der Waals surface area contributed by atoms with Crippen LogP contribution in [0, 0.1) is 11.8 Å². The molecule has 3 aromatic rings. The summed E-state index contributed by atoms with van der Waals surface area (Å²) in [4.78, 5) is 20.8. The highest BCUT2D eigenvalue weighted by Gasteiger charge is 2.33. The molecule has 1 amide bonds. The van der Waals surface area contributed by atoms with Gasteiger partial charge >= 0.3 is 6.01 Å². The van der Waals surface area contributed by atoms with E-state index < -0.39 is 0 Å². The molecule has 2 atom stereocenters. The summed E-state index contributed by atoms with van der Waals surface area (Å²) in [7, 11) is 0. The van der Waals surface area contributed by atoms with Crippen LogP contribution in [0.5, 0.6) is 0 Å². The zero-order valence-corrected chi connectivity index (χ0v) is 14.8. The molecule has 1 aromatic carbocycles. The number of nitrogens with one attached hydrogen (secondary N) is 2. The van der Waals surface area contributed by atoms with E-state index in [9.17, 15) is 4.79 Å². The largest absolute Gasteiger partial charge is 0.340 e. The van der Waals surface area contributed by atoms with E-state index in [0.717, 1.165) is 31.2 Å². The minimum atomic E-state index is -0.0305. The lowest BCUT2D eigenvalue weighted by Gasteiger charge is -2.19. The van der Waals surface area contributed by atoms with Crippen molar-refractivity contribution in [2.75, 3.05) is 5.43 Å². The number of hydrogen-bond donors (Lipinski definition) is 2. The van der Waals surface area contributed by atoms with Crippen LogP contribution >= 0.6 is 0 Å². The lowest BCUT2D eigenvalue weighted by atomic mass is 9.89. The molecule has 27 heavy (non-hydrogen) atoms. The Bertz CT molecular complexity index is 882. The molecule has 1 fully saturated rings. The maximum Gasteiger partial charge on any atom is 0.340 e. The predicted octanol–water partition coefficient (Wildman–Crippen LogP) is 3.23. The minimum absolute atomic E-state index is 0.0136. The van der Waals surface area contributed by atoms with Crippen molar-refractivity contribution in [3.05, 3.63) is 60.4 Å². The van der Waals surface area contributed by atoms with Gasteiger partial charge < -0.3 is 4.52 Å². The average molecular weight is 363 g/mol. The van der Waals surface area contributed by atoms with Crippen LogP contribution in [0.4, 0.5) is 6.01 Å². The summed E-state index contributed by atoms with van der Waals surface area (Å²) < 4.78 is 5.15. The number of aromatic nitrogens is 3. The van der Waals surface area contributed by atoms with Crippen molar-refractivity contribution >= 4 is 11.9 Å². The Balaban J connectivity index is 1.34. The Hall–Kier alpha value is -3.22. The lowest BCUT2D eigenvalue weighted by Crippen LogP contribution is -2.37. The second kappa shape index (κ2) is 7.99.